The molecule has 0 radical (unpaired) electrons. The van der Waals surface area contributed by atoms with Crippen LogP contribution in [-0.4, -0.2) is 29.1 Å². The largest absolute Gasteiger partial charge is 0.309 e. The fourth-order valence-corrected chi connectivity index (χ4v) is 18.2. The molecule has 0 fully saturated rings. The number of hydrogen-bond acceptors (Lipinski definition) is 5. The quantitative estimate of drug-likeness (QED) is 0.129. The van der Waals surface area contributed by atoms with Crippen molar-refractivity contribution in [2.75, 3.05) is 0 Å². The van der Waals surface area contributed by atoms with Crippen LogP contribution in [0.15, 0.2) is 431 Å². The van der Waals surface area contributed by atoms with Gasteiger partial charge in [-0.05, 0) is 225 Å². The van der Waals surface area contributed by atoms with E-state index >= 15 is 0 Å². The molecule has 0 atom stereocenters. The first-order valence-corrected chi connectivity index (χ1v) is 41.3. The molecular formula is C115H71N7. The highest BCUT2D eigenvalue weighted by Gasteiger charge is 2.23. The maximum absolute atomic E-state index is 10.9. The number of aromatic nitrogens is 6. The van der Waals surface area contributed by atoms with E-state index in [2.05, 4.69) is 428 Å². The van der Waals surface area contributed by atoms with Crippen molar-refractivity contribution < 1.29 is 0 Å². The first kappa shape index (κ1) is 70.8. The molecule has 4 heterocycles. The summed E-state index contributed by atoms with van der Waals surface area (Å²) in [5.74, 6) is 1.26. The average molecular weight is 1550 g/mol. The van der Waals surface area contributed by atoms with Gasteiger partial charge in [0.1, 0.15) is 6.07 Å². The van der Waals surface area contributed by atoms with Crippen LogP contribution in [0.4, 0.5) is 0 Å². The lowest BCUT2D eigenvalue weighted by molar-refractivity contribution is 1.16. The van der Waals surface area contributed by atoms with Gasteiger partial charge in [-0.15, -0.1) is 0 Å². The van der Waals surface area contributed by atoms with Crippen LogP contribution in [0.3, 0.4) is 0 Å². The number of nitriles is 1. The third-order valence-electron chi connectivity index (χ3n) is 24.4. The van der Waals surface area contributed by atoms with E-state index in [0.29, 0.717) is 17.2 Å². The highest BCUT2D eigenvalue weighted by molar-refractivity contribution is 6.24. The lowest BCUT2D eigenvalue weighted by atomic mass is 9.97. The SMILES string of the molecule is N#Cc1cc(-c2nc(-c3ccc(-c4ccccc4)cc3)c3cc(-c4ccc(-c5ccccc5)cc4)ccc3n2)ccc1-n1c2cc3ccccc3cc2c2cc3ccccc3cc21.c1ccc(-c2ccc(-c3ccc4c(-c5ccc6ccccc6c5)nc(-c5ccc(-n6c7cc8ccccc8cc7c7c8ccccc8ccc76)cc5)nc4c3)cc2)cc1. The normalized spacial score (nSPS) is 11.6. The summed E-state index contributed by atoms with van der Waals surface area (Å²) in [6.07, 6.45) is 0. The molecule has 24 aromatic rings. The molecule has 0 aliphatic rings. The van der Waals surface area contributed by atoms with Crippen molar-refractivity contribution in [1.82, 2.24) is 29.1 Å². The molecule has 0 aliphatic carbocycles. The molecule has 122 heavy (non-hydrogen) atoms. The maximum Gasteiger partial charge on any atom is 0.160 e. The van der Waals surface area contributed by atoms with Gasteiger partial charge >= 0.3 is 0 Å². The Morgan fingerprint density at radius 3 is 1.13 bits per heavy atom. The van der Waals surface area contributed by atoms with Crippen molar-refractivity contribution >= 4 is 119 Å². The second-order valence-corrected chi connectivity index (χ2v) is 31.5. The molecule has 0 saturated heterocycles. The van der Waals surface area contributed by atoms with E-state index in [0.717, 1.165) is 133 Å². The van der Waals surface area contributed by atoms with Crippen LogP contribution in [0.25, 0.3) is 232 Å². The molecule has 0 bridgehead atoms. The summed E-state index contributed by atoms with van der Waals surface area (Å²) in [5, 5.41) is 29.7. The van der Waals surface area contributed by atoms with Gasteiger partial charge in [0.2, 0.25) is 0 Å². The predicted octanol–water partition coefficient (Wildman–Crippen LogP) is 30.1. The van der Waals surface area contributed by atoms with Gasteiger partial charge in [-0.1, -0.05) is 315 Å². The molecule has 0 aliphatic heterocycles. The summed E-state index contributed by atoms with van der Waals surface area (Å²) in [5.41, 5.74) is 25.8. The van der Waals surface area contributed by atoms with Crippen LogP contribution in [0.5, 0.6) is 0 Å². The fraction of sp³-hybridized carbons (Fsp3) is 0. The summed E-state index contributed by atoms with van der Waals surface area (Å²) in [6.45, 7) is 0. The van der Waals surface area contributed by atoms with Crippen molar-refractivity contribution in [1.29, 1.82) is 5.26 Å². The fourth-order valence-electron chi connectivity index (χ4n) is 18.2. The Morgan fingerprint density at radius 2 is 0.582 bits per heavy atom. The van der Waals surface area contributed by atoms with Crippen molar-refractivity contribution in [3.8, 4) is 118 Å². The van der Waals surface area contributed by atoms with E-state index in [-0.39, 0.29) is 0 Å². The van der Waals surface area contributed by atoms with Crippen LogP contribution in [-0.2, 0) is 0 Å². The summed E-state index contributed by atoms with van der Waals surface area (Å²) in [6, 6.07) is 156. The van der Waals surface area contributed by atoms with Crippen LogP contribution < -0.4 is 0 Å². The second kappa shape index (κ2) is 29.6. The zero-order valence-electron chi connectivity index (χ0n) is 66.1. The van der Waals surface area contributed by atoms with Gasteiger partial charge in [0, 0.05) is 60.3 Å². The molecular weight excluding hydrogens is 1480 g/mol. The smallest absolute Gasteiger partial charge is 0.160 e. The lowest BCUT2D eigenvalue weighted by Crippen LogP contribution is -2.00. The van der Waals surface area contributed by atoms with Crippen LogP contribution in [0.1, 0.15) is 5.56 Å². The topological polar surface area (TPSA) is 85.2 Å². The van der Waals surface area contributed by atoms with Crippen molar-refractivity contribution in [2.24, 2.45) is 0 Å². The van der Waals surface area contributed by atoms with Crippen molar-refractivity contribution in [3.05, 3.63) is 436 Å². The first-order valence-electron chi connectivity index (χ1n) is 41.3. The average Bonchev–Trinajstić information content (AvgIpc) is 1.56. The van der Waals surface area contributed by atoms with E-state index in [1.807, 2.05) is 18.2 Å². The number of benzene rings is 20. The highest BCUT2D eigenvalue weighted by atomic mass is 15.0. The summed E-state index contributed by atoms with van der Waals surface area (Å²) in [4.78, 5) is 21.2. The molecule has 7 nitrogen and oxygen atoms in total. The highest BCUT2D eigenvalue weighted by Crippen LogP contribution is 2.44. The standard InChI is InChI=1S/C59H36N4.C56H35N3/c60-37-50-31-49(28-30-55(50)63-56-35-46-17-9-7-15-44(46)32-51(56)52-33-45-16-8-10-18-47(45)36-57(52)63)59-61-54-29-27-48(42-21-19-40(20-22-42)38-11-3-1-4-12-38)34-53(54)58(62-59)43-25-23-41(24-26-43)39-13-5-2-6-14-39;1-2-10-36(11-3-1)38-18-20-39(21-19-38)45-26-30-49-51(34-45)57-56(58-55(49)46-23-22-37-12-4-5-14-42(37)32-46)41-24-28-47(29-25-41)59-52-31-27-40-13-8-9-17-48(40)54(52)50-33-43-15-6-7-16-44(43)35-53(50)59/h1-36H;1-35H. The Bertz CT molecular complexity index is 8240. The third kappa shape index (κ3) is 12.6. The van der Waals surface area contributed by atoms with Gasteiger partial charge in [-0.25, -0.2) is 19.9 Å². The molecule has 0 N–H and O–H groups in total. The van der Waals surface area contributed by atoms with E-state index in [9.17, 15) is 5.26 Å². The van der Waals surface area contributed by atoms with E-state index in [1.54, 1.807) is 0 Å². The number of rotatable bonds is 11. The molecule has 20 aromatic carbocycles. The molecule has 566 valence electrons. The van der Waals surface area contributed by atoms with Gasteiger partial charge < -0.3 is 9.13 Å². The lowest BCUT2D eigenvalue weighted by Gasteiger charge is -2.14. The second-order valence-electron chi connectivity index (χ2n) is 31.5. The predicted molar refractivity (Wildman–Crippen MR) is 509 cm³/mol. The molecule has 0 spiro atoms. The van der Waals surface area contributed by atoms with Crippen LogP contribution in [0, 0.1) is 11.3 Å². The van der Waals surface area contributed by atoms with Crippen molar-refractivity contribution in [2.45, 2.75) is 0 Å². The van der Waals surface area contributed by atoms with Crippen LogP contribution in [0.2, 0.25) is 0 Å². The molecule has 4 aromatic heterocycles. The summed E-state index contributed by atoms with van der Waals surface area (Å²) >= 11 is 0. The van der Waals surface area contributed by atoms with Crippen molar-refractivity contribution in [3.63, 3.8) is 0 Å². The van der Waals surface area contributed by atoms with Gasteiger partial charge in [-0.3, -0.25) is 0 Å². The third-order valence-corrected chi connectivity index (χ3v) is 24.4. The van der Waals surface area contributed by atoms with Gasteiger partial charge in [-0.2, -0.15) is 5.26 Å². The summed E-state index contributed by atoms with van der Waals surface area (Å²) < 4.78 is 4.66. The Kier molecular flexibility index (Phi) is 17.2. The van der Waals surface area contributed by atoms with Crippen LogP contribution >= 0.6 is 0 Å². The Hall–Kier alpha value is -16.5. The minimum absolute atomic E-state index is 0.541. The molecule has 0 unspecified atom stereocenters. The zero-order chi connectivity index (χ0) is 80.7. The van der Waals surface area contributed by atoms with E-state index in [1.165, 1.54) is 87.1 Å². The minimum atomic E-state index is 0.541. The monoisotopic (exact) mass is 1550 g/mol. The number of fused-ring (bicyclic) bond motifs is 14. The Labute approximate surface area is 703 Å². The van der Waals surface area contributed by atoms with E-state index < -0.39 is 0 Å². The molecule has 24 rings (SSSR count). The Morgan fingerprint density at radius 1 is 0.197 bits per heavy atom. The number of nitrogens with zero attached hydrogens (tertiary/aromatic N) is 7. The Balaban J connectivity index is 0.000000142. The van der Waals surface area contributed by atoms with Gasteiger partial charge in [0.05, 0.1) is 55.7 Å². The number of hydrogen-bond donors (Lipinski definition) is 0. The van der Waals surface area contributed by atoms with Gasteiger partial charge in [0.25, 0.3) is 0 Å². The van der Waals surface area contributed by atoms with E-state index in [4.69, 9.17) is 19.9 Å². The minimum Gasteiger partial charge on any atom is -0.309 e. The summed E-state index contributed by atoms with van der Waals surface area (Å²) in [7, 11) is 0. The zero-order valence-corrected chi connectivity index (χ0v) is 66.1. The molecule has 0 amide bonds. The maximum atomic E-state index is 10.9. The van der Waals surface area contributed by atoms with Gasteiger partial charge in [0.15, 0.2) is 11.6 Å². The molecule has 0 saturated carbocycles. The molecule has 7 heteroatoms. The first-order chi connectivity index (χ1) is 60.4.